The lowest BCUT2D eigenvalue weighted by molar-refractivity contribution is 0.0632. The van der Waals surface area contributed by atoms with E-state index in [0.717, 1.165) is 4.80 Å². The Balaban J connectivity index is 1.95. The van der Waals surface area contributed by atoms with Crippen LogP contribution < -0.4 is 10.9 Å². The Labute approximate surface area is 152 Å². The lowest BCUT2D eigenvalue weighted by Gasteiger charge is -2.19. The van der Waals surface area contributed by atoms with E-state index in [0.29, 0.717) is 5.69 Å². The molecule has 3 rings (SSSR count). The number of fused-ring (bicyclic) bond motifs is 1. The fourth-order valence-corrected chi connectivity index (χ4v) is 2.16. The van der Waals surface area contributed by atoms with Gasteiger partial charge in [-0.1, -0.05) is 6.07 Å². The van der Waals surface area contributed by atoms with Crippen molar-refractivity contribution in [3.63, 3.8) is 0 Å². The predicted octanol–water partition coefficient (Wildman–Crippen LogP) is 1.55. The molecule has 11 heteroatoms. The van der Waals surface area contributed by atoms with Crippen molar-refractivity contribution in [1.29, 1.82) is 0 Å². The van der Waals surface area contributed by atoms with Crippen LogP contribution in [-0.2, 0) is 4.74 Å². The number of ether oxygens (including phenoxy) is 1. The molecule has 2 aromatic heterocycles. The molecule has 0 saturated carbocycles. The van der Waals surface area contributed by atoms with Gasteiger partial charge in [-0.3, -0.25) is 15.1 Å². The van der Waals surface area contributed by atoms with Gasteiger partial charge in [-0.05, 0) is 39.0 Å². The third-order valence-corrected chi connectivity index (χ3v) is 3.20. The molecule has 0 fully saturated rings. The highest BCUT2D eigenvalue weighted by Crippen LogP contribution is 2.12. The van der Waals surface area contributed by atoms with E-state index in [4.69, 9.17) is 9.84 Å². The number of carboxylic acid groups (broad SMARTS) is 1. The van der Waals surface area contributed by atoms with Crippen molar-refractivity contribution in [2.45, 2.75) is 26.4 Å². The zero-order chi connectivity index (χ0) is 19.8. The van der Waals surface area contributed by atoms with Crippen molar-refractivity contribution in [3.8, 4) is 5.69 Å². The molecule has 0 saturated heterocycles. The van der Waals surface area contributed by atoms with E-state index >= 15 is 0 Å². The molecule has 27 heavy (non-hydrogen) atoms. The molecule has 0 atom stereocenters. The first-order valence-corrected chi connectivity index (χ1v) is 7.83. The van der Waals surface area contributed by atoms with Crippen LogP contribution in [-0.4, -0.2) is 47.7 Å². The van der Waals surface area contributed by atoms with Crippen molar-refractivity contribution in [1.82, 2.24) is 25.0 Å². The molecule has 0 spiro atoms. The third kappa shape index (κ3) is 4.08. The van der Waals surface area contributed by atoms with Crippen LogP contribution in [0.5, 0.6) is 0 Å². The van der Waals surface area contributed by atoms with Crippen molar-refractivity contribution >= 4 is 29.2 Å². The minimum Gasteiger partial charge on any atom is -0.478 e. The molecular formula is C16H16N6O5. The minimum absolute atomic E-state index is 0.0227. The number of aromatic nitrogens is 5. The van der Waals surface area contributed by atoms with Crippen LogP contribution in [0, 0.1) is 0 Å². The second-order valence-electron chi connectivity index (χ2n) is 6.56. The maximum Gasteiger partial charge on any atom is 0.414 e. The number of amides is 1. The first kappa shape index (κ1) is 18.0. The van der Waals surface area contributed by atoms with E-state index in [-0.39, 0.29) is 22.7 Å². The van der Waals surface area contributed by atoms with E-state index < -0.39 is 23.2 Å². The summed E-state index contributed by atoms with van der Waals surface area (Å²) in [6, 6.07) is 5.89. The Morgan fingerprint density at radius 2 is 2.00 bits per heavy atom. The molecule has 0 bridgehead atoms. The first-order valence-electron chi connectivity index (χ1n) is 7.83. The molecule has 11 nitrogen and oxygen atoms in total. The summed E-state index contributed by atoms with van der Waals surface area (Å²) in [6.45, 7) is 5.09. The van der Waals surface area contributed by atoms with E-state index in [1.807, 2.05) is 0 Å². The van der Waals surface area contributed by atoms with Gasteiger partial charge in [0, 0.05) is 0 Å². The zero-order valence-electron chi connectivity index (χ0n) is 14.7. The maximum atomic E-state index is 12.2. The molecule has 140 valence electrons. The van der Waals surface area contributed by atoms with Gasteiger partial charge in [0.2, 0.25) is 11.6 Å². The van der Waals surface area contributed by atoms with Crippen LogP contribution in [0.2, 0.25) is 0 Å². The Morgan fingerprint density at radius 1 is 1.26 bits per heavy atom. The summed E-state index contributed by atoms with van der Waals surface area (Å²) in [5.74, 6) is -1.25. The zero-order valence-corrected chi connectivity index (χ0v) is 14.7. The number of benzene rings is 1. The maximum absolute atomic E-state index is 12.2. The van der Waals surface area contributed by atoms with Crippen molar-refractivity contribution < 1.29 is 19.4 Å². The number of aromatic amines is 1. The number of anilines is 1. The minimum atomic E-state index is -1.10. The van der Waals surface area contributed by atoms with Gasteiger partial charge in [0.1, 0.15) is 5.60 Å². The van der Waals surface area contributed by atoms with Crippen LogP contribution in [0.25, 0.3) is 16.9 Å². The van der Waals surface area contributed by atoms with E-state index in [1.54, 1.807) is 26.8 Å². The van der Waals surface area contributed by atoms with Crippen molar-refractivity contribution in [3.05, 3.63) is 40.2 Å². The van der Waals surface area contributed by atoms with E-state index in [1.165, 1.54) is 18.2 Å². The molecule has 1 aromatic carbocycles. The second kappa shape index (κ2) is 6.52. The van der Waals surface area contributed by atoms with E-state index in [9.17, 15) is 14.4 Å². The summed E-state index contributed by atoms with van der Waals surface area (Å²) in [5, 5.41) is 19.5. The number of hydrogen-bond acceptors (Lipinski definition) is 7. The molecule has 0 unspecified atom stereocenters. The second-order valence-corrected chi connectivity index (χ2v) is 6.56. The topological polar surface area (TPSA) is 152 Å². The van der Waals surface area contributed by atoms with Gasteiger partial charge in [0.25, 0.3) is 5.56 Å². The molecule has 0 aliphatic carbocycles. The smallest absolute Gasteiger partial charge is 0.414 e. The van der Waals surface area contributed by atoms with Gasteiger partial charge < -0.3 is 9.84 Å². The first-order chi connectivity index (χ1) is 12.6. The number of nitrogens with zero attached hydrogens (tertiary/aromatic N) is 4. The third-order valence-electron chi connectivity index (χ3n) is 3.20. The number of hydrogen-bond donors (Lipinski definition) is 3. The number of aromatic carboxylic acids is 1. The lowest BCUT2D eigenvalue weighted by Crippen LogP contribution is -2.28. The monoisotopic (exact) mass is 372 g/mol. The number of carboxylic acids is 1. The van der Waals surface area contributed by atoms with Crippen LogP contribution >= 0.6 is 0 Å². The molecule has 1 amide bonds. The van der Waals surface area contributed by atoms with Gasteiger partial charge in [0.15, 0.2) is 5.52 Å². The Hall–Kier alpha value is -3.76. The summed E-state index contributed by atoms with van der Waals surface area (Å²) in [5.41, 5.74) is -1.04. The molecule has 3 aromatic rings. The number of nitrogens with one attached hydrogen (secondary N) is 2. The predicted molar refractivity (Wildman–Crippen MR) is 94.1 cm³/mol. The summed E-state index contributed by atoms with van der Waals surface area (Å²) in [4.78, 5) is 42.6. The average Bonchev–Trinajstić information content (AvgIpc) is 2.97. The summed E-state index contributed by atoms with van der Waals surface area (Å²) in [6.07, 6.45) is -0.786. The standard InChI is InChI=1S/C16H16N6O5/c1-16(2,3)27-15(26)19-14-17-11-10(12(23)18-14)20-22(21-11)9-6-4-5-8(7-9)13(24)25/h4-7H,1-3H3,(H,24,25)(H2,17,18,19,21,23,26). The highest BCUT2D eigenvalue weighted by molar-refractivity contribution is 5.88. The fraction of sp³-hybridized carbons (Fsp3) is 0.250. The summed E-state index contributed by atoms with van der Waals surface area (Å²) < 4.78 is 5.09. The van der Waals surface area contributed by atoms with Crippen LogP contribution in [0.3, 0.4) is 0 Å². The fourth-order valence-electron chi connectivity index (χ4n) is 2.16. The lowest BCUT2D eigenvalue weighted by atomic mass is 10.2. The van der Waals surface area contributed by atoms with Gasteiger partial charge in [-0.15, -0.1) is 15.0 Å². The van der Waals surface area contributed by atoms with Crippen LogP contribution in [0.4, 0.5) is 10.7 Å². The SMILES string of the molecule is CC(C)(C)OC(=O)Nc1nc2nn(-c3cccc(C(=O)O)c3)nc2c(=O)[nH]1. The van der Waals surface area contributed by atoms with Crippen LogP contribution in [0.15, 0.2) is 29.1 Å². The largest absolute Gasteiger partial charge is 0.478 e. The molecular weight excluding hydrogens is 356 g/mol. The Bertz CT molecular complexity index is 1090. The number of carbonyl (C=O) groups is 2. The molecule has 0 radical (unpaired) electrons. The van der Waals surface area contributed by atoms with Gasteiger partial charge in [0.05, 0.1) is 11.3 Å². The average molecular weight is 372 g/mol. The summed E-state index contributed by atoms with van der Waals surface area (Å²) >= 11 is 0. The quantitative estimate of drug-likeness (QED) is 0.626. The molecule has 2 heterocycles. The molecule has 0 aliphatic rings. The molecule has 3 N–H and O–H groups in total. The normalized spacial score (nSPS) is 11.4. The summed E-state index contributed by atoms with van der Waals surface area (Å²) in [7, 11) is 0. The number of carbonyl (C=O) groups excluding carboxylic acids is 1. The Morgan fingerprint density at radius 3 is 2.67 bits per heavy atom. The van der Waals surface area contributed by atoms with Gasteiger partial charge in [-0.2, -0.15) is 4.98 Å². The van der Waals surface area contributed by atoms with Crippen molar-refractivity contribution in [2.75, 3.05) is 5.32 Å². The highest BCUT2D eigenvalue weighted by Gasteiger charge is 2.18. The highest BCUT2D eigenvalue weighted by atomic mass is 16.6. The number of H-pyrrole nitrogens is 1. The Kier molecular flexibility index (Phi) is 4.35. The molecule has 0 aliphatic heterocycles. The van der Waals surface area contributed by atoms with Crippen molar-refractivity contribution in [2.24, 2.45) is 0 Å². The van der Waals surface area contributed by atoms with E-state index in [2.05, 4.69) is 25.5 Å². The van der Waals surface area contributed by atoms with Gasteiger partial charge >= 0.3 is 12.1 Å². The van der Waals surface area contributed by atoms with Gasteiger partial charge in [-0.25, -0.2) is 9.59 Å². The van der Waals surface area contributed by atoms with Crippen LogP contribution in [0.1, 0.15) is 31.1 Å². The number of rotatable bonds is 3.